The van der Waals surface area contributed by atoms with Gasteiger partial charge in [0.15, 0.2) is 0 Å². The van der Waals surface area contributed by atoms with E-state index in [0.717, 1.165) is 19.6 Å². The number of aromatic nitrogens is 2. The third kappa shape index (κ3) is 1.77. The van der Waals surface area contributed by atoms with Gasteiger partial charge in [-0.05, 0) is 26.7 Å². The molecule has 0 saturated heterocycles. The van der Waals surface area contributed by atoms with Crippen molar-refractivity contribution >= 4 is 0 Å². The average Bonchev–Trinajstić information content (AvgIpc) is 2.60. The lowest BCUT2D eigenvalue weighted by Crippen LogP contribution is -2.51. The van der Waals surface area contributed by atoms with Gasteiger partial charge >= 0.3 is 0 Å². The second-order valence-electron chi connectivity index (χ2n) is 5.70. The van der Waals surface area contributed by atoms with E-state index in [1.165, 1.54) is 11.5 Å². The van der Waals surface area contributed by atoms with Gasteiger partial charge in [-0.25, -0.2) is 4.98 Å². The molecule has 0 N–H and O–H groups in total. The van der Waals surface area contributed by atoms with Crippen molar-refractivity contribution in [1.82, 2.24) is 14.5 Å². The highest BCUT2D eigenvalue weighted by molar-refractivity contribution is 5.06. The first kappa shape index (κ1) is 11.6. The van der Waals surface area contributed by atoms with Crippen molar-refractivity contribution in [2.24, 2.45) is 5.92 Å². The molecular formula is C13H23N3. The fourth-order valence-corrected chi connectivity index (χ4v) is 2.27. The first-order valence-electron chi connectivity index (χ1n) is 6.19. The molecule has 3 heteroatoms. The van der Waals surface area contributed by atoms with Crippen molar-refractivity contribution in [3.63, 3.8) is 0 Å². The van der Waals surface area contributed by atoms with Gasteiger partial charge < -0.3 is 4.57 Å². The maximum absolute atomic E-state index is 4.50. The van der Waals surface area contributed by atoms with E-state index in [1.54, 1.807) is 0 Å². The molecule has 1 aromatic heterocycles. The molecule has 2 rings (SSSR count). The van der Waals surface area contributed by atoms with Gasteiger partial charge in [-0.2, -0.15) is 0 Å². The highest BCUT2D eigenvalue weighted by atomic mass is 15.3. The molecule has 0 aromatic carbocycles. The predicted molar refractivity (Wildman–Crippen MR) is 66.3 cm³/mol. The van der Waals surface area contributed by atoms with Crippen molar-refractivity contribution in [1.29, 1.82) is 0 Å². The standard InChI is InChI=1S/C13H23N3/c1-10(2)13(4,5)15-6-7-16-11(3)8-14-12(16)9-15/h8,10H,6-7,9H2,1-5H3. The normalized spacial score (nSPS) is 17.9. The van der Waals surface area contributed by atoms with E-state index in [2.05, 4.69) is 49.1 Å². The molecule has 3 nitrogen and oxygen atoms in total. The smallest absolute Gasteiger partial charge is 0.123 e. The summed E-state index contributed by atoms with van der Waals surface area (Å²) in [5.74, 6) is 1.88. The van der Waals surface area contributed by atoms with Crippen LogP contribution in [0.2, 0.25) is 0 Å². The predicted octanol–water partition coefficient (Wildman–Crippen LogP) is 2.44. The molecule has 0 spiro atoms. The molecule has 0 saturated carbocycles. The largest absolute Gasteiger partial charge is 0.330 e. The van der Waals surface area contributed by atoms with Crippen LogP contribution >= 0.6 is 0 Å². The summed E-state index contributed by atoms with van der Waals surface area (Å²) in [5, 5.41) is 0. The van der Waals surface area contributed by atoms with Crippen molar-refractivity contribution < 1.29 is 0 Å². The number of rotatable bonds is 2. The van der Waals surface area contributed by atoms with Crippen molar-refractivity contribution in [3.8, 4) is 0 Å². The fraction of sp³-hybridized carbons (Fsp3) is 0.769. The zero-order chi connectivity index (χ0) is 11.9. The van der Waals surface area contributed by atoms with Gasteiger partial charge in [0.25, 0.3) is 0 Å². The Labute approximate surface area is 98.5 Å². The number of fused-ring (bicyclic) bond motifs is 1. The summed E-state index contributed by atoms with van der Waals surface area (Å²) in [4.78, 5) is 7.06. The lowest BCUT2D eigenvalue weighted by atomic mass is 9.88. The van der Waals surface area contributed by atoms with Crippen molar-refractivity contribution in [2.45, 2.75) is 53.2 Å². The van der Waals surface area contributed by atoms with E-state index in [1.807, 2.05) is 6.20 Å². The van der Waals surface area contributed by atoms with E-state index in [0.29, 0.717) is 5.92 Å². The van der Waals surface area contributed by atoms with Crippen LogP contribution in [0.5, 0.6) is 0 Å². The Morgan fingerprint density at radius 2 is 2.00 bits per heavy atom. The van der Waals surface area contributed by atoms with E-state index >= 15 is 0 Å². The molecule has 0 unspecified atom stereocenters. The van der Waals surface area contributed by atoms with E-state index in [-0.39, 0.29) is 5.54 Å². The van der Waals surface area contributed by atoms with Gasteiger partial charge in [0.05, 0.1) is 6.54 Å². The Kier molecular flexibility index (Phi) is 2.82. The molecule has 0 aliphatic carbocycles. The fourth-order valence-electron chi connectivity index (χ4n) is 2.27. The van der Waals surface area contributed by atoms with Crippen molar-refractivity contribution in [3.05, 3.63) is 17.7 Å². The van der Waals surface area contributed by atoms with Crippen molar-refractivity contribution in [2.75, 3.05) is 6.54 Å². The summed E-state index contributed by atoms with van der Waals surface area (Å²) >= 11 is 0. The molecule has 0 radical (unpaired) electrons. The van der Waals surface area contributed by atoms with Crippen LogP contribution in [-0.4, -0.2) is 26.5 Å². The summed E-state index contributed by atoms with van der Waals surface area (Å²) in [6.45, 7) is 14.6. The molecule has 90 valence electrons. The molecular weight excluding hydrogens is 198 g/mol. The van der Waals surface area contributed by atoms with Gasteiger partial charge in [0.2, 0.25) is 0 Å². The highest BCUT2D eigenvalue weighted by Gasteiger charge is 2.33. The van der Waals surface area contributed by atoms with E-state index < -0.39 is 0 Å². The second-order valence-corrected chi connectivity index (χ2v) is 5.70. The first-order chi connectivity index (χ1) is 7.43. The molecule has 0 atom stereocenters. The van der Waals surface area contributed by atoms with Crippen LogP contribution in [-0.2, 0) is 13.1 Å². The number of hydrogen-bond acceptors (Lipinski definition) is 2. The number of hydrogen-bond donors (Lipinski definition) is 0. The third-order valence-electron chi connectivity index (χ3n) is 4.29. The van der Waals surface area contributed by atoms with Gasteiger partial charge in [0, 0.05) is 30.5 Å². The summed E-state index contributed by atoms with van der Waals surface area (Å²) in [5.41, 5.74) is 1.54. The number of nitrogens with zero attached hydrogens (tertiary/aromatic N) is 3. The van der Waals surface area contributed by atoms with Crippen LogP contribution in [0.1, 0.15) is 39.2 Å². The van der Waals surface area contributed by atoms with E-state index in [4.69, 9.17) is 0 Å². The molecule has 0 fully saturated rings. The Balaban J connectivity index is 2.20. The van der Waals surface area contributed by atoms with Crippen LogP contribution in [0, 0.1) is 12.8 Å². The minimum atomic E-state index is 0.255. The molecule has 2 heterocycles. The summed E-state index contributed by atoms with van der Waals surface area (Å²) in [7, 11) is 0. The Morgan fingerprint density at radius 1 is 1.31 bits per heavy atom. The minimum Gasteiger partial charge on any atom is -0.330 e. The quantitative estimate of drug-likeness (QED) is 0.765. The lowest BCUT2D eigenvalue weighted by molar-refractivity contribution is 0.0484. The van der Waals surface area contributed by atoms with E-state index in [9.17, 15) is 0 Å². The molecule has 1 aliphatic heterocycles. The Morgan fingerprint density at radius 3 is 2.62 bits per heavy atom. The monoisotopic (exact) mass is 221 g/mol. The average molecular weight is 221 g/mol. The number of aryl methyl sites for hydroxylation is 1. The maximum Gasteiger partial charge on any atom is 0.123 e. The van der Waals surface area contributed by atoms with Crippen LogP contribution in [0.3, 0.4) is 0 Å². The van der Waals surface area contributed by atoms with Gasteiger partial charge in [-0.3, -0.25) is 4.90 Å². The van der Waals surface area contributed by atoms with Gasteiger partial charge in [0.1, 0.15) is 5.82 Å². The van der Waals surface area contributed by atoms with Crippen LogP contribution < -0.4 is 0 Å². The molecule has 0 amide bonds. The van der Waals surface area contributed by atoms with Crippen LogP contribution in [0.15, 0.2) is 6.20 Å². The van der Waals surface area contributed by atoms with Crippen LogP contribution in [0.25, 0.3) is 0 Å². The summed E-state index contributed by atoms with van der Waals surface area (Å²) in [6.07, 6.45) is 1.99. The van der Waals surface area contributed by atoms with Crippen LogP contribution in [0.4, 0.5) is 0 Å². The molecule has 1 aliphatic rings. The Hall–Kier alpha value is -0.830. The SMILES string of the molecule is Cc1cnc2n1CCN(C(C)(C)C(C)C)C2. The molecule has 0 bridgehead atoms. The second kappa shape index (κ2) is 3.88. The summed E-state index contributed by atoms with van der Waals surface area (Å²) < 4.78 is 2.34. The maximum atomic E-state index is 4.50. The first-order valence-corrected chi connectivity index (χ1v) is 6.19. The highest BCUT2D eigenvalue weighted by Crippen LogP contribution is 2.28. The number of imidazole rings is 1. The topological polar surface area (TPSA) is 21.1 Å². The zero-order valence-corrected chi connectivity index (χ0v) is 11.1. The lowest BCUT2D eigenvalue weighted by Gasteiger charge is -2.43. The van der Waals surface area contributed by atoms with Gasteiger partial charge in [-0.1, -0.05) is 13.8 Å². The molecule has 16 heavy (non-hydrogen) atoms. The zero-order valence-electron chi connectivity index (χ0n) is 11.1. The summed E-state index contributed by atoms with van der Waals surface area (Å²) in [6, 6.07) is 0. The van der Waals surface area contributed by atoms with Gasteiger partial charge in [-0.15, -0.1) is 0 Å². The minimum absolute atomic E-state index is 0.255. The Bertz CT molecular complexity index is 377. The third-order valence-corrected chi connectivity index (χ3v) is 4.29. The molecule has 1 aromatic rings.